The van der Waals surface area contributed by atoms with Gasteiger partial charge in [0.2, 0.25) is 0 Å². The Bertz CT molecular complexity index is 1410. The van der Waals surface area contributed by atoms with Crippen molar-refractivity contribution in [3.05, 3.63) is 94.5 Å². The zero-order chi connectivity index (χ0) is 24.4. The Labute approximate surface area is 213 Å². The summed E-state index contributed by atoms with van der Waals surface area (Å²) in [6.07, 6.45) is 0.650. The van der Waals surface area contributed by atoms with Gasteiger partial charge in [-0.25, -0.2) is 4.98 Å². The zero-order valence-corrected chi connectivity index (χ0v) is 20.7. The fraction of sp³-hybridized carbons (Fsp3) is 0.214. The number of aromatic nitrogens is 1. The summed E-state index contributed by atoms with van der Waals surface area (Å²) in [5.74, 6) is 0.554. The molecule has 5 nitrogen and oxygen atoms in total. The maximum absolute atomic E-state index is 11.1. The largest absolute Gasteiger partial charge is 0.488 e. The molecule has 1 unspecified atom stereocenters. The molecule has 0 saturated carbocycles. The molecular weight excluding hydrogens is 482 g/mol. The topological polar surface area (TPSA) is 68.7 Å². The molecule has 0 radical (unpaired) electrons. The van der Waals surface area contributed by atoms with E-state index in [0.29, 0.717) is 23.8 Å². The smallest absolute Gasteiger partial charge is 0.303 e. The lowest BCUT2D eigenvalue weighted by Crippen LogP contribution is -2.27. The molecule has 1 aromatic heterocycles. The lowest BCUT2D eigenvalue weighted by atomic mass is 9.94. The van der Waals surface area contributed by atoms with Crippen LogP contribution in [0.25, 0.3) is 22.2 Å². The number of nitrogens with zero attached hydrogens (tertiary/aromatic N) is 1. The molecule has 0 aliphatic carbocycles. The second-order valence-corrected chi connectivity index (χ2v) is 10.1. The van der Waals surface area contributed by atoms with Crippen LogP contribution in [0.15, 0.2) is 72.8 Å². The first-order chi connectivity index (χ1) is 17.0. The van der Waals surface area contributed by atoms with Gasteiger partial charge in [0, 0.05) is 40.6 Å². The van der Waals surface area contributed by atoms with Crippen LogP contribution in [0.4, 0.5) is 0 Å². The summed E-state index contributed by atoms with van der Waals surface area (Å²) in [6.45, 7) is 0.427. The molecule has 0 amide bonds. The average molecular weight is 506 g/mol. The Hall–Kier alpha value is -3.06. The predicted molar refractivity (Wildman–Crippen MR) is 140 cm³/mol. The van der Waals surface area contributed by atoms with Crippen LogP contribution in [-0.2, 0) is 21.1 Å². The molecule has 2 heterocycles. The second-order valence-electron chi connectivity index (χ2n) is 8.36. The van der Waals surface area contributed by atoms with E-state index in [-0.39, 0.29) is 6.42 Å². The highest BCUT2D eigenvalue weighted by Crippen LogP contribution is 2.51. The van der Waals surface area contributed by atoms with Crippen molar-refractivity contribution in [2.24, 2.45) is 0 Å². The number of carboxylic acid groups (broad SMARTS) is 1. The van der Waals surface area contributed by atoms with E-state index in [1.807, 2.05) is 60.7 Å². The molecule has 0 fully saturated rings. The van der Waals surface area contributed by atoms with Crippen LogP contribution in [0.5, 0.6) is 5.75 Å². The summed E-state index contributed by atoms with van der Waals surface area (Å²) in [6, 6.07) is 23.8. The molecule has 1 aliphatic rings. The van der Waals surface area contributed by atoms with Crippen LogP contribution in [0, 0.1) is 0 Å². The third-order valence-electron chi connectivity index (χ3n) is 6.17. The van der Waals surface area contributed by atoms with Gasteiger partial charge in [-0.05, 0) is 54.1 Å². The van der Waals surface area contributed by atoms with Crippen molar-refractivity contribution in [2.45, 2.75) is 24.4 Å². The summed E-state index contributed by atoms with van der Waals surface area (Å²) in [7, 11) is 1.69. The molecule has 0 bridgehead atoms. The van der Waals surface area contributed by atoms with Crippen molar-refractivity contribution in [2.75, 3.05) is 12.9 Å². The van der Waals surface area contributed by atoms with Crippen LogP contribution in [-0.4, -0.2) is 28.9 Å². The van der Waals surface area contributed by atoms with Gasteiger partial charge in [-0.1, -0.05) is 48.0 Å². The van der Waals surface area contributed by atoms with E-state index in [1.54, 1.807) is 18.9 Å². The molecule has 1 atom stereocenters. The summed E-state index contributed by atoms with van der Waals surface area (Å²) in [4.78, 5) is 15.1. The highest BCUT2D eigenvalue weighted by molar-refractivity contribution is 8.00. The Morgan fingerprint density at radius 1 is 1.11 bits per heavy atom. The third kappa shape index (κ3) is 4.61. The lowest BCUT2D eigenvalue weighted by molar-refractivity contribution is -0.137. The van der Waals surface area contributed by atoms with Gasteiger partial charge < -0.3 is 14.6 Å². The van der Waals surface area contributed by atoms with E-state index >= 15 is 0 Å². The number of carboxylic acids is 1. The van der Waals surface area contributed by atoms with E-state index in [2.05, 4.69) is 12.1 Å². The highest BCUT2D eigenvalue weighted by atomic mass is 35.5. The van der Waals surface area contributed by atoms with Gasteiger partial charge in [-0.2, -0.15) is 0 Å². The first kappa shape index (κ1) is 23.7. The van der Waals surface area contributed by atoms with Crippen LogP contribution in [0.3, 0.4) is 0 Å². The molecular formula is C28H24ClNO4S. The van der Waals surface area contributed by atoms with E-state index in [1.165, 1.54) is 0 Å². The molecule has 178 valence electrons. The van der Waals surface area contributed by atoms with Gasteiger partial charge in [0.25, 0.3) is 0 Å². The number of hydrogen-bond acceptors (Lipinski definition) is 5. The molecule has 5 rings (SSSR count). The molecule has 0 saturated heterocycles. The van der Waals surface area contributed by atoms with Crippen LogP contribution >= 0.6 is 23.4 Å². The summed E-state index contributed by atoms with van der Waals surface area (Å²) < 4.78 is 12.5. The van der Waals surface area contributed by atoms with Crippen LogP contribution in [0.2, 0.25) is 5.02 Å². The van der Waals surface area contributed by atoms with Gasteiger partial charge in [0.1, 0.15) is 12.4 Å². The third-order valence-corrected chi connectivity index (χ3v) is 7.91. The number of ether oxygens (including phenoxy) is 2. The second kappa shape index (κ2) is 9.90. The number of pyridine rings is 1. The Balaban J connectivity index is 1.63. The minimum Gasteiger partial charge on any atom is -0.488 e. The Kier molecular flexibility index (Phi) is 6.69. The minimum absolute atomic E-state index is 0.113. The number of halogens is 1. The number of methoxy groups -OCH3 is 1. The standard InChI is InChI=1S/C28H24ClNO4S/c1-33-28(35-14-4-7-27(31)32)22-6-3-2-5-20(22)17-34-26-13-10-19(15-23(26)28)24-12-9-18-8-11-21(29)16-25(18)30-24/h2-3,5-6,8-13,15-16H,4,7,14,17H2,1H3,(H,31,32). The number of fused-ring (bicyclic) bond motifs is 3. The lowest BCUT2D eigenvalue weighted by Gasteiger charge is -2.33. The van der Waals surface area contributed by atoms with Gasteiger partial charge in [-0.15, -0.1) is 11.8 Å². The normalized spacial score (nSPS) is 16.7. The van der Waals surface area contributed by atoms with Gasteiger partial charge in [0.15, 0.2) is 4.93 Å². The fourth-order valence-electron chi connectivity index (χ4n) is 4.46. The fourth-order valence-corrected chi connectivity index (χ4v) is 5.99. The number of carbonyl (C=O) groups is 1. The van der Waals surface area contributed by atoms with E-state index in [0.717, 1.165) is 44.6 Å². The molecule has 3 aromatic carbocycles. The van der Waals surface area contributed by atoms with Gasteiger partial charge in [-0.3, -0.25) is 4.79 Å². The Morgan fingerprint density at radius 3 is 2.77 bits per heavy atom. The first-order valence-corrected chi connectivity index (χ1v) is 12.7. The van der Waals surface area contributed by atoms with Crippen LogP contribution < -0.4 is 4.74 Å². The number of rotatable bonds is 7. The average Bonchev–Trinajstić information content (AvgIpc) is 3.01. The summed E-state index contributed by atoms with van der Waals surface area (Å²) in [5.41, 5.74) is 5.51. The van der Waals surface area contributed by atoms with E-state index in [4.69, 9.17) is 31.2 Å². The maximum atomic E-state index is 11.1. The highest BCUT2D eigenvalue weighted by Gasteiger charge is 2.41. The minimum atomic E-state index is -0.850. The number of benzene rings is 3. The van der Waals surface area contributed by atoms with E-state index in [9.17, 15) is 4.79 Å². The van der Waals surface area contributed by atoms with Crippen molar-refractivity contribution in [3.8, 4) is 17.0 Å². The van der Waals surface area contributed by atoms with Crippen molar-refractivity contribution >= 4 is 40.2 Å². The number of aliphatic carboxylic acids is 1. The molecule has 1 aliphatic heterocycles. The quantitative estimate of drug-likeness (QED) is 0.218. The molecule has 4 aromatic rings. The van der Waals surface area contributed by atoms with Crippen molar-refractivity contribution < 1.29 is 19.4 Å². The summed E-state index contributed by atoms with van der Waals surface area (Å²) >= 11 is 7.79. The zero-order valence-electron chi connectivity index (χ0n) is 19.2. The molecule has 0 spiro atoms. The SMILES string of the molecule is COC1(SCCCC(=O)O)c2ccccc2COc2ccc(-c3ccc4ccc(Cl)cc4n3)cc21. The Morgan fingerprint density at radius 2 is 1.94 bits per heavy atom. The molecule has 35 heavy (non-hydrogen) atoms. The molecule has 1 N–H and O–H groups in total. The monoisotopic (exact) mass is 505 g/mol. The van der Waals surface area contributed by atoms with Gasteiger partial charge >= 0.3 is 5.97 Å². The number of hydrogen-bond donors (Lipinski definition) is 1. The van der Waals surface area contributed by atoms with Crippen LogP contribution in [0.1, 0.15) is 29.5 Å². The number of thioether (sulfide) groups is 1. The van der Waals surface area contributed by atoms with Gasteiger partial charge in [0.05, 0.1) is 11.2 Å². The van der Waals surface area contributed by atoms with Crippen molar-refractivity contribution in [1.82, 2.24) is 4.98 Å². The maximum Gasteiger partial charge on any atom is 0.303 e. The van der Waals surface area contributed by atoms with Crippen molar-refractivity contribution in [3.63, 3.8) is 0 Å². The van der Waals surface area contributed by atoms with E-state index < -0.39 is 10.9 Å². The molecule has 7 heteroatoms. The predicted octanol–water partition coefficient (Wildman–Crippen LogP) is 6.89. The summed E-state index contributed by atoms with van der Waals surface area (Å²) in [5, 5.41) is 10.8. The first-order valence-electron chi connectivity index (χ1n) is 11.3. The van der Waals surface area contributed by atoms with Crippen molar-refractivity contribution in [1.29, 1.82) is 0 Å².